The van der Waals surface area contributed by atoms with Gasteiger partial charge in [0.25, 0.3) is 0 Å². The van der Waals surface area contributed by atoms with Crippen molar-refractivity contribution in [2.24, 2.45) is 0 Å². The standard InChI is InChI=1S/C15H12F2O.C2H4/c1-10(18)15(11-2-6-13(16)7-3-11)12-4-8-14(17)9-5-12;1-2/h2-9,15H,1H3;1-2H2. The highest BCUT2D eigenvalue weighted by Gasteiger charge is 2.19. The van der Waals surface area contributed by atoms with Gasteiger partial charge in [-0.25, -0.2) is 8.78 Å². The SMILES string of the molecule is C=C.CC(=O)C(c1ccc(F)cc1)c1ccc(F)cc1. The highest BCUT2D eigenvalue weighted by Crippen LogP contribution is 2.26. The summed E-state index contributed by atoms with van der Waals surface area (Å²) in [7, 11) is 0. The van der Waals surface area contributed by atoms with Gasteiger partial charge in [-0.05, 0) is 42.3 Å². The molecule has 0 unspecified atom stereocenters. The summed E-state index contributed by atoms with van der Waals surface area (Å²) >= 11 is 0. The Morgan fingerprint density at radius 3 is 1.40 bits per heavy atom. The van der Waals surface area contributed by atoms with Crippen molar-refractivity contribution < 1.29 is 13.6 Å². The van der Waals surface area contributed by atoms with E-state index >= 15 is 0 Å². The minimum atomic E-state index is -0.480. The summed E-state index contributed by atoms with van der Waals surface area (Å²) in [5.74, 6) is -1.24. The van der Waals surface area contributed by atoms with Gasteiger partial charge in [-0.15, -0.1) is 13.2 Å². The monoisotopic (exact) mass is 274 g/mol. The van der Waals surface area contributed by atoms with Crippen molar-refractivity contribution in [1.29, 1.82) is 0 Å². The van der Waals surface area contributed by atoms with Crippen LogP contribution in [-0.4, -0.2) is 5.78 Å². The second kappa shape index (κ2) is 7.34. The zero-order valence-corrected chi connectivity index (χ0v) is 11.3. The van der Waals surface area contributed by atoms with Gasteiger partial charge in [-0.3, -0.25) is 4.79 Å². The van der Waals surface area contributed by atoms with Crippen LogP contribution >= 0.6 is 0 Å². The normalized spacial score (nSPS) is 9.80. The van der Waals surface area contributed by atoms with E-state index in [0.717, 1.165) is 0 Å². The van der Waals surface area contributed by atoms with Crippen LogP contribution in [0.25, 0.3) is 0 Å². The van der Waals surface area contributed by atoms with Gasteiger partial charge >= 0.3 is 0 Å². The third-order valence-electron chi connectivity index (χ3n) is 2.81. The number of hydrogen-bond donors (Lipinski definition) is 0. The van der Waals surface area contributed by atoms with Crippen LogP contribution in [0.3, 0.4) is 0 Å². The summed E-state index contributed by atoms with van der Waals surface area (Å²) in [6.45, 7) is 7.47. The lowest BCUT2D eigenvalue weighted by atomic mass is 9.88. The summed E-state index contributed by atoms with van der Waals surface area (Å²) in [5.41, 5.74) is 1.41. The first-order valence-corrected chi connectivity index (χ1v) is 6.09. The number of carbonyl (C=O) groups is 1. The molecule has 0 aliphatic carbocycles. The summed E-state index contributed by atoms with van der Waals surface area (Å²) in [6.07, 6.45) is 0. The van der Waals surface area contributed by atoms with Crippen molar-refractivity contribution in [3.8, 4) is 0 Å². The molecule has 0 saturated carbocycles. The van der Waals surface area contributed by atoms with E-state index in [2.05, 4.69) is 13.2 Å². The second-order valence-electron chi connectivity index (χ2n) is 4.15. The summed E-state index contributed by atoms with van der Waals surface area (Å²) < 4.78 is 25.7. The quantitative estimate of drug-likeness (QED) is 0.754. The largest absolute Gasteiger partial charge is 0.299 e. The average molecular weight is 274 g/mol. The van der Waals surface area contributed by atoms with Crippen LogP contribution in [0.1, 0.15) is 24.0 Å². The molecule has 0 spiro atoms. The molecule has 0 N–H and O–H groups in total. The lowest BCUT2D eigenvalue weighted by Gasteiger charge is -2.14. The minimum Gasteiger partial charge on any atom is -0.299 e. The Balaban J connectivity index is 0.000000956. The summed E-state index contributed by atoms with van der Waals surface area (Å²) in [5, 5.41) is 0. The van der Waals surface area contributed by atoms with Gasteiger partial charge in [-0.2, -0.15) is 0 Å². The number of Topliss-reactive ketones (excluding diaryl/α,β-unsaturated/α-hetero) is 1. The number of ketones is 1. The lowest BCUT2D eigenvalue weighted by molar-refractivity contribution is -0.117. The molecule has 0 atom stereocenters. The van der Waals surface area contributed by atoms with Crippen LogP contribution in [0.4, 0.5) is 8.78 Å². The molecular weight excluding hydrogens is 258 g/mol. The fraction of sp³-hybridized carbons (Fsp3) is 0.118. The van der Waals surface area contributed by atoms with E-state index in [-0.39, 0.29) is 17.4 Å². The van der Waals surface area contributed by atoms with Gasteiger partial charge in [0.2, 0.25) is 0 Å². The van der Waals surface area contributed by atoms with Crippen LogP contribution in [0.2, 0.25) is 0 Å². The van der Waals surface area contributed by atoms with Crippen LogP contribution in [0.15, 0.2) is 61.7 Å². The Bertz CT molecular complexity index is 513. The van der Waals surface area contributed by atoms with Gasteiger partial charge in [0.15, 0.2) is 0 Å². The Kier molecular flexibility index (Phi) is 5.78. The number of rotatable bonds is 3. The molecule has 0 amide bonds. The molecule has 2 aromatic rings. The molecule has 0 fully saturated rings. The van der Waals surface area contributed by atoms with E-state index in [4.69, 9.17) is 0 Å². The van der Waals surface area contributed by atoms with Gasteiger partial charge in [0.1, 0.15) is 17.4 Å². The molecule has 0 bridgehead atoms. The number of hydrogen-bond acceptors (Lipinski definition) is 1. The predicted molar refractivity (Wildman–Crippen MR) is 76.6 cm³/mol. The summed E-state index contributed by atoms with van der Waals surface area (Å²) in [4.78, 5) is 11.7. The van der Waals surface area contributed by atoms with E-state index in [1.54, 1.807) is 24.3 Å². The molecule has 0 aromatic heterocycles. The smallest absolute Gasteiger partial charge is 0.141 e. The zero-order valence-electron chi connectivity index (χ0n) is 11.3. The molecule has 2 rings (SSSR count). The van der Waals surface area contributed by atoms with Gasteiger partial charge < -0.3 is 0 Å². The maximum Gasteiger partial charge on any atom is 0.141 e. The zero-order chi connectivity index (χ0) is 15.1. The predicted octanol–water partition coefficient (Wildman–Crippen LogP) is 4.49. The number of halogens is 2. The van der Waals surface area contributed by atoms with Gasteiger partial charge in [0.05, 0.1) is 5.92 Å². The van der Waals surface area contributed by atoms with E-state index in [0.29, 0.717) is 11.1 Å². The average Bonchev–Trinajstić information content (AvgIpc) is 2.45. The molecule has 20 heavy (non-hydrogen) atoms. The molecule has 0 radical (unpaired) electrons. The highest BCUT2D eigenvalue weighted by molar-refractivity contribution is 5.86. The van der Waals surface area contributed by atoms with Crippen LogP contribution in [0, 0.1) is 11.6 Å². The molecule has 0 aliphatic heterocycles. The van der Waals surface area contributed by atoms with Crippen molar-refractivity contribution in [2.45, 2.75) is 12.8 Å². The molecule has 3 heteroatoms. The van der Waals surface area contributed by atoms with E-state index in [1.807, 2.05) is 0 Å². The third kappa shape index (κ3) is 3.85. The van der Waals surface area contributed by atoms with E-state index in [9.17, 15) is 13.6 Å². The molecule has 104 valence electrons. The number of carbonyl (C=O) groups excluding carboxylic acids is 1. The molecule has 2 aromatic carbocycles. The van der Waals surface area contributed by atoms with Gasteiger partial charge in [0, 0.05) is 0 Å². The van der Waals surface area contributed by atoms with Crippen LogP contribution in [-0.2, 0) is 4.79 Å². The third-order valence-corrected chi connectivity index (χ3v) is 2.81. The van der Waals surface area contributed by atoms with Gasteiger partial charge in [-0.1, -0.05) is 24.3 Å². The second-order valence-corrected chi connectivity index (χ2v) is 4.15. The molecule has 0 aliphatic rings. The summed E-state index contributed by atoms with van der Waals surface area (Å²) in [6, 6.07) is 11.6. The molecule has 1 nitrogen and oxygen atoms in total. The number of benzene rings is 2. The first kappa shape index (κ1) is 15.8. The Labute approximate surface area is 117 Å². The van der Waals surface area contributed by atoms with Crippen LogP contribution in [0.5, 0.6) is 0 Å². The fourth-order valence-corrected chi connectivity index (χ4v) is 1.97. The maximum absolute atomic E-state index is 12.9. The molecule has 0 heterocycles. The first-order chi connectivity index (χ1) is 9.58. The lowest BCUT2D eigenvalue weighted by Crippen LogP contribution is -2.10. The van der Waals surface area contributed by atoms with Crippen molar-refractivity contribution in [2.75, 3.05) is 0 Å². The Morgan fingerprint density at radius 2 is 1.15 bits per heavy atom. The molecular formula is C17H16F2O. The molecule has 0 saturated heterocycles. The Hall–Kier alpha value is -2.29. The van der Waals surface area contributed by atoms with Crippen molar-refractivity contribution in [1.82, 2.24) is 0 Å². The Morgan fingerprint density at radius 1 is 0.850 bits per heavy atom. The van der Waals surface area contributed by atoms with Crippen molar-refractivity contribution >= 4 is 5.78 Å². The van der Waals surface area contributed by atoms with Crippen LogP contribution < -0.4 is 0 Å². The van der Waals surface area contributed by atoms with E-state index in [1.165, 1.54) is 31.2 Å². The van der Waals surface area contributed by atoms with Crippen molar-refractivity contribution in [3.05, 3.63) is 84.5 Å². The topological polar surface area (TPSA) is 17.1 Å². The fourth-order valence-electron chi connectivity index (χ4n) is 1.97. The van der Waals surface area contributed by atoms with Crippen molar-refractivity contribution in [3.63, 3.8) is 0 Å². The van der Waals surface area contributed by atoms with E-state index < -0.39 is 5.92 Å². The maximum atomic E-state index is 12.9. The minimum absolute atomic E-state index is 0.0618. The highest BCUT2D eigenvalue weighted by atomic mass is 19.1. The first-order valence-electron chi connectivity index (χ1n) is 6.09.